The largest absolute Gasteiger partial charge is 0.240 e. The molecule has 0 N–H and O–H groups in total. The van der Waals surface area contributed by atoms with Crippen LogP contribution in [0.4, 0.5) is 0 Å². The smallest absolute Gasteiger partial charge is 0.108 e. The lowest BCUT2D eigenvalue weighted by Gasteiger charge is -1.83. The van der Waals surface area contributed by atoms with E-state index in [1.54, 1.807) is 12.2 Å². The summed E-state index contributed by atoms with van der Waals surface area (Å²) in [5.41, 5.74) is 0.820. The van der Waals surface area contributed by atoms with Crippen LogP contribution in [0.25, 0.3) is 12.2 Å². The molecule has 1 heterocycles. The maximum atomic E-state index is 8.43. The average Bonchev–Trinajstić information content (AvgIpc) is 2.48. The summed E-state index contributed by atoms with van der Waals surface area (Å²) in [7, 11) is 0. The highest BCUT2D eigenvalue weighted by Crippen LogP contribution is 2.20. The first-order chi connectivity index (χ1) is 5.81. The van der Waals surface area contributed by atoms with Gasteiger partial charge in [-0.05, 0) is 12.2 Å². The Morgan fingerprint density at radius 3 is 2.67 bits per heavy atom. The molecule has 0 aromatic carbocycles. The molecule has 0 radical (unpaired) electrons. The first-order valence-electron chi connectivity index (χ1n) is 3.43. The molecule has 0 aliphatic heterocycles. The van der Waals surface area contributed by atoms with E-state index in [4.69, 9.17) is 5.26 Å². The zero-order valence-corrected chi connectivity index (χ0v) is 7.40. The molecule has 0 fully saturated rings. The third-order valence-corrected chi connectivity index (χ3v) is 2.40. The number of rotatable bonds is 3. The standard InChI is InChI=1S/C9H8N2S/c1-3-7-8(4-2)12-9(11-7)5-6-10/h3-4H,1-2,5H2. The SMILES string of the molecule is C=Cc1nc(CC#N)sc1C=C. The first kappa shape index (κ1) is 8.69. The predicted molar refractivity (Wildman–Crippen MR) is 51.6 cm³/mol. The molecule has 0 aliphatic carbocycles. The fourth-order valence-electron chi connectivity index (χ4n) is 0.827. The van der Waals surface area contributed by atoms with Crippen molar-refractivity contribution in [1.82, 2.24) is 4.98 Å². The Morgan fingerprint density at radius 2 is 2.25 bits per heavy atom. The summed E-state index contributed by atoms with van der Waals surface area (Å²) >= 11 is 1.49. The number of hydrogen-bond acceptors (Lipinski definition) is 3. The Hall–Kier alpha value is -1.40. The van der Waals surface area contributed by atoms with E-state index in [-0.39, 0.29) is 0 Å². The summed E-state index contributed by atoms with van der Waals surface area (Å²) in [6.07, 6.45) is 3.77. The van der Waals surface area contributed by atoms with Gasteiger partial charge in [0, 0.05) is 0 Å². The zero-order chi connectivity index (χ0) is 8.97. The van der Waals surface area contributed by atoms with E-state index in [1.807, 2.05) is 0 Å². The minimum atomic E-state index is 0.360. The van der Waals surface area contributed by atoms with Crippen LogP contribution >= 0.6 is 11.3 Å². The molecule has 0 saturated carbocycles. The molecule has 0 spiro atoms. The molecule has 1 aromatic rings. The molecule has 3 heteroatoms. The van der Waals surface area contributed by atoms with Gasteiger partial charge in [0.25, 0.3) is 0 Å². The zero-order valence-electron chi connectivity index (χ0n) is 6.58. The predicted octanol–water partition coefficient (Wildman–Crippen LogP) is 2.50. The Labute approximate surface area is 75.5 Å². The molecule has 1 aromatic heterocycles. The lowest BCUT2D eigenvalue weighted by atomic mass is 10.3. The minimum Gasteiger partial charge on any atom is -0.240 e. The molecule has 60 valence electrons. The summed E-state index contributed by atoms with van der Waals surface area (Å²) in [4.78, 5) is 5.18. The second kappa shape index (κ2) is 3.84. The van der Waals surface area contributed by atoms with Gasteiger partial charge >= 0.3 is 0 Å². The Kier molecular flexibility index (Phi) is 2.78. The maximum Gasteiger partial charge on any atom is 0.108 e. The van der Waals surface area contributed by atoms with Gasteiger partial charge in [0.15, 0.2) is 0 Å². The van der Waals surface area contributed by atoms with Gasteiger partial charge in [-0.3, -0.25) is 0 Å². The molecule has 12 heavy (non-hydrogen) atoms. The fourth-order valence-corrected chi connectivity index (χ4v) is 1.68. The van der Waals surface area contributed by atoms with E-state index in [0.717, 1.165) is 15.6 Å². The summed E-state index contributed by atoms with van der Waals surface area (Å²) in [5, 5.41) is 9.25. The number of nitriles is 1. The van der Waals surface area contributed by atoms with Crippen molar-refractivity contribution in [2.75, 3.05) is 0 Å². The van der Waals surface area contributed by atoms with Gasteiger partial charge in [0.2, 0.25) is 0 Å². The molecule has 0 unspecified atom stereocenters. The summed E-state index contributed by atoms with van der Waals surface area (Å²) in [5.74, 6) is 0. The van der Waals surface area contributed by atoms with Crippen LogP contribution < -0.4 is 0 Å². The Bertz CT molecular complexity index is 318. The summed E-state index contributed by atoms with van der Waals surface area (Å²) in [6.45, 7) is 7.28. The molecule has 0 amide bonds. The van der Waals surface area contributed by atoms with E-state index >= 15 is 0 Å². The van der Waals surface area contributed by atoms with Crippen molar-refractivity contribution in [3.63, 3.8) is 0 Å². The monoisotopic (exact) mass is 176 g/mol. The first-order valence-corrected chi connectivity index (χ1v) is 4.25. The van der Waals surface area contributed by atoms with Crippen molar-refractivity contribution in [3.8, 4) is 6.07 Å². The molecule has 1 rings (SSSR count). The van der Waals surface area contributed by atoms with Gasteiger partial charge in [-0.2, -0.15) is 5.26 Å². The molecule has 0 atom stereocenters. The van der Waals surface area contributed by atoms with Crippen molar-refractivity contribution < 1.29 is 0 Å². The normalized spacial score (nSPS) is 8.92. The van der Waals surface area contributed by atoms with Crippen LogP contribution in [0.1, 0.15) is 15.6 Å². The molecule has 2 nitrogen and oxygen atoms in total. The van der Waals surface area contributed by atoms with Crippen LogP contribution in [0, 0.1) is 11.3 Å². The van der Waals surface area contributed by atoms with Gasteiger partial charge in [-0.1, -0.05) is 13.2 Å². The summed E-state index contributed by atoms with van der Waals surface area (Å²) in [6, 6.07) is 2.05. The third-order valence-electron chi connectivity index (χ3n) is 1.33. The fraction of sp³-hybridized carbons (Fsp3) is 0.111. The quantitative estimate of drug-likeness (QED) is 0.709. The van der Waals surface area contributed by atoms with Gasteiger partial charge in [-0.15, -0.1) is 11.3 Å². The molecular weight excluding hydrogens is 168 g/mol. The van der Waals surface area contributed by atoms with E-state index in [2.05, 4.69) is 24.2 Å². The van der Waals surface area contributed by atoms with Crippen LogP contribution in [0.5, 0.6) is 0 Å². The average molecular weight is 176 g/mol. The van der Waals surface area contributed by atoms with Gasteiger partial charge in [0.05, 0.1) is 23.1 Å². The molecular formula is C9H8N2S. The second-order valence-corrected chi connectivity index (χ2v) is 3.22. The highest BCUT2D eigenvalue weighted by atomic mass is 32.1. The van der Waals surface area contributed by atoms with E-state index < -0.39 is 0 Å². The van der Waals surface area contributed by atoms with Crippen molar-refractivity contribution in [1.29, 1.82) is 5.26 Å². The van der Waals surface area contributed by atoms with Crippen LogP contribution in [0.3, 0.4) is 0 Å². The lowest BCUT2D eigenvalue weighted by molar-refractivity contribution is 1.18. The van der Waals surface area contributed by atoms with E-state index in [1.165, 1.54) is 11.3 Å². The van der Waals surface area contributed by atoms with Crippen molar-refractivity contribution >= 4 is 23.5 Å². The van der Waals surface area contributed by atoms with E-state index in [9.17, 15) is 0 Å². The van der Waals surface area contributed by atoms with Crippen LogP contribution in [0.15, 0.2) is 13.2 Å². The highest BCUT2D eigenvalue weighted by molar-refractivity contribution is 7.12. The van der Waals surface area contributed by atoms with Crippen LogP contribution in [0.2, 0.25) is 0 Å². The van der Waals surface area contributed by atoms with Crippen LogP contribution in [-0.4, -0.2) is 4.98 Å². The van der Waals surface area contributed by atoms with E-state index in [0.29, 0.717) is 6.42 Å². The minimum absolute atomic E-state index is 0.360. The molecule has 0 bridgehead atoms. The van der Waals surface area contributed by atoms with Crippen LogP contribution in [-0.2, 0) is 6.42 Å². The maximum absolute atomic E-state index is 8.43. The van der Waals surface area contributed by atoms with Crippen molar-refractivity contribution in [3.05, 3.63) is 28.7 Å². The summed E-state index contributed by atoms with van der Waals surface area (Å²) < 4.78 is 0. The van der Waals surface area contributed by atoms with Gasteiger partial charge < -0.3 is 0 Å². The number of hydrogen-bond donors (Lipinski definition) is 0. The number of thiazole rings is 1. The lowest BCUT2D eigenvalue weighted by Crippen LogP contribution is -1.78. The van der Waals surface area contributed by atoms with Crippen molar-refractivity contribution in [2.45, 2.75) is 6.42 Å². The van der Waals surface area contributed by atoms with Gasteiger partial charge in [0.1, 0.15) is 5.01 Å². The molecule has 0 saturated heterocycles. The second-order valence-electron chi connectivity index (χ2n) is 2.10. The Morgan fingerprint density at radius 1 is 1.50 bits per heavy atom. The topological polar surface area (TPSA) is 36.7 Å². The van der Waals surface area contributed by atoms with Crippen molar-refractivity contribution in [2.24, 2.45) is 0 Å². The Balaban J connectivity index is 3.06. The van der Waals surface area contributed by atoms with Gasteiger partial charge in [-0.25, -0.2) is 4.98 Å². The third kappa shape index (κ3) is 1.60. The number of aromatic nitrogens is 1. The number of nitrogens with zero attached hydrogens (tertiary/aromatic N) is 2. The highest BCUT2D eigenvalue weighted by Gasteiger charge is 2.04. The molecule has 0 aliphatic rings.